The van der Waals surface area contributed by atoms with Crippen molar-refractivity contribution >= 4 is 5.84 Å². The molecule has 16 heavy (non-hydrogen) atoms. The summed E-state index contributed by atoms with van der Waals surface area (Å²) in [6.45, 7) is 1.50. The summed E-state index contributed by atoms with van der Waals surface area (Å²) < 4.78 is 5.50. The Morgan fingerprint density at radius 2 is 2.00 bits per heavy atom. The van der Waals surface area contributed by atoms with Crippen LogP contribution in [0.2, 0.25) is 0 Å². The zero-order chi connectivity index (χ0) is 12.0. The van der Waals surface area contributed by atoms with Gasteiger partial charge in [-0.25, -0.2) is 0 Å². The molecule has 5 nitrogen and oxygen atoms in total. The first-order valence-electron chi connectivity index (χ1n) is 4.99. The van der Waals surface area contributed by atoms with E-state index in [4.69, 9.17) is 15.7 Å². The molecular formula is C11H17N3O2. The minimum absolute atomic E-state index is 0.0971. The molecule has 0 radical (unpaired) electrons. The van der Waals surface area contributed by atoms with Gasteiger partial charge in [0.15, 0.2) is 5.84 Å². The van der Waals surface area contributed by atoms with E-state index in [0.717, 1.165) is 12.3 Å². The lowest BCUT2D eigenvalue weighted by atomic mass is 10.2. The van der Waals surface area contributed by atoms with E-state index in [2.05, 4.69) is 5.16 Å². The summed E-state index contributed by atoms with van der Waals surface area (Å²) in [6, 6.07) is 7.09. The number of nitrogens with zero attached hydrogens (tertiary/aromatic N) is 2. The number of nitrogens with two attached hydrogens (primary N) is 1. The zero-order valence-corrected chi connectivity index (χ0v) is 9.55. The molecule has 0 amide bonds. The molecule has 0 fully saturated rings. The molecule has 1 rings (SSSR count). The molecule has 0 bridgehead atoms. The molecule has 0 saturated carbocycles. The molecule has 0 spiro atoms. The minimum Gasteiger partial charge on any atom is -0.492 e. The summed E-state index contributed by atoms with van der Waals surface area (Å²) in [5.41, 5.74) is 6.11. The molecule has 0 saturated heterocycles. The zero-order valence-electron chi connectivity index (χ0n) is 9.55. The summed E-state index contributed by atoms with van der Waals surface area (Å²) >= 11 is 0. The molecule has 0 aromatic heterocycles. The third kappa shape index (κ3) is 3.78. The Balaban J connectivity index is 2.52. The molecule has 0 aliphatic heterocycles. The number of rotatable bonds is 5. The van der Waals surface area contributed by atoms with Gasteiger partial charge < -0.3 is 20.6 Å². The molecule has 1 aromatic rings. The predicted molar refractivity (Wildman–Crippen MR) is 63.0 cm³/mol. The van der Waals surface area contributed by atoms with Crippen molar-refractivity contribution in [3.63, 3.8) is 0 Å². The van der Waals surface area contributed by atoms with E-state index < -0.39 is 0 Å². The minimum atomic E-state index is 0.0971. The van der Waals surface area contributed by atoms with Gasteiger partial charge in [-0.05, 0) is 38.4 Å². The van der Waals surface area contributed by atoms with Crippen LogP contribution in [0.15, 0.2) is 29.4 Å². The first-order valence-corrected chi connectivity index (χ1v) is 4.99. The van der Waals surface area contributed by atoms with Crippen LogP contribution in [0.4, 0.5) is 0 Å². The van der Waals surface area contributed by atoms with Crippen molar-refractivity contribution in [1.82, 2.24) is 4.90 Å². The van der Waals surface area contributed by atoms with E-state index in [9.17, 15) is 0 Å². The van der Waals surface area contributed by atoms with Crippen LogP contribution in [0.3, 0.4) is 0 Å². The molecule has 0 aliphatic carbocycles. The first kappa shape index (κ1) is 12.3. The summed E-state index contributed by atoms with van der Waals surface area (Å²) in [7, 11) is 3.98. The number of hydrogen-bond acceptors (Lipinski definition) is 4. The molecule has 0 aliphatic rings. The van der Waals surface area contributed by atoms with E-state index in [-0.39, 0.29) is 5.84 Å². The van der Waals surface area contributed by atoms with Gasteiger partial charge in [0.25, 0.3) is 0 Å². The van der Waals surface area contributed by atoms with Crippen LogP contribution in [0, 0.1) is 0 Å². The van der Waals surface area contributed by atoms with Crippen LogP contribution >= 0.6 is 0 Å². The fraction of sp³-hybridized carbons (Fsp3) is 0.364. The van der Waals surface area contributed by atoms with Gasteiger partial charge >= 0.3 is 0 Å². The molecule has 88 valence electrons. The lowest BCUT2D eigenvalue weighted by Gasteiger charge is -2.11. The van der Waals surface area contributed by atoms with Gasteiger partial charge in [-0.15, -0.1) is 0 Å². The highest BCUT2D eigenvalue weighted by Gasteiger charge is 1.99. The maximum atomic E-state index is 8.49. The highest BCUT2D eigenvalue weighted by Crippen LogP contribution is 2.11. The third-order valence-corrected chi connectivity index (χ3v) is 2.07. The Hall–Kier alpha value is -1.75. The van der Waals surface area contributed by atoms with E-state index in [1.54, 1.807) is 24.3 Å². The normalized spacial score (nSPS) is 11.8. The van der Waals surface area contributed by atoms with Crippen LogP contribution in [0.5, 0.6) is 5.75 Å². The quantitative estimate of drug-likeness (QED) is 0.334. The molecular weight excluding hydrogens is 206 g/mol. The molecule has 1 aromatic carbocycles. The van der Waals surface area contributed by atoms with Crippen LogP contribution in [-0.2, 0) is 0 Å². The Bertz CT molecular complexity index is 347. The summed E-state index contributed by atoms with van der Waals surface area (Å²) in [6.07, 6.45) is 0. The smallest absolute Gasteiger partial charge is 0.170 e. The van der Waals surface area contributed by atoms with Gasteiger partial charge in [-0.2, -0.15) is 0 Å². The molecule has 3 N–H and O–H groups in total. The molecule has 5 heteroatoms. The van der Waals surface area contributed by atoms with Crippen LogP contribution in [0.25, 0.3) is 0 Å². The van der Waals surface area contributed by atoms with Crippen molar-refractivity contribution in [3.8, 4) is 5.75 Å². The van der Waals surface area contributed by atoms with Crippen molar-refractivity contribution in [1.29, 1.82) is 0 Å². The van der Waals surface area contributed by atoms with Gasteiger partial charge in [-0.1, -0.05) is 5.16 Å². The van der Waals surface area contributed by atoms with Crippen LogP contribution in [0.1, 0.15) is 5.56 Å². The number of hydrogen-bond donors (Lipinski definition) is 2. The van der Waals surface area contributed by atoms with Crippen LogP contribution < -0.4 is 10.5 Å². The maximum absolute atomic E-state index is 8.49. The summed E-state index contributed by atoms with van der Waals surface area (Å²) in [5, 5.41) is 11.4. The summed E-state index contributed by atoms with van der Waals surface area (Å²) in [5.74, 6) is 0.871. The fourth-order valence-electron chi connectivity index (χ4n) is 1.13. The number of oxime groups is 1. The Labute approximate surface area is 95.1 Å². The second-order valence-corrected chi connectivity index (χ2v) is 3.66. The van der Waals surface area contributed by atoms with E-state index in [1.165, 1.54) is 0 Å². The maximum Gasteiger partial charge on any atom is 0.170 e. The number of benzene rings is 1. The fourth-order valence-corrected chi connectivity index (χ4v) is 1.13. The molecule has 0 unspecified atom stereocenters. The standard InChI is InChI=1S/C11H17N3O2/c1-14(2)7-8-16-10-5-3-9(4-6-10)11(12)13-15/h3-6,15H,7-8H2,1-2H3,(H2,12,13). The highest BCUT2D eigenvalue weighted by molar-refractivity contribution is 5.97. The van der Waals surface area contributed by atoms with Gasteiger partial charge in [-0.3, -0.25) is 0 Å². The average Bonchev–Trinajstić information content (AvgIpc) is 2.28. The highest BCUT2D eigenvalue weighted by atomic mass is 16.5. The van der Waals surface area contributed by atoms with E-state index in [1.807, 2.05) is 19.0 Å². The second kappa shape index (κ2) is 5.97. The third-order valence-electron chi connectivity index (χ3n) is 2.07. The lowest BCUT2D eigenvalue weighted by molar-refractivity contribution is 0.261. The number of likely N-dealkylation sites (N-methyl/N-ethyl adjacent to an activating group) is 1. The van der Waals surface area contributed by atoms with Gasteiger partial charge in [0.2, 0.25) is 0 Å². The van der Waals surface area contributed by atoms with Crippen molar-refractivity contribution < 1.29 is 9.94 Å². The van der Waals surface area contributed by atoms with Gasteiger partial charge in [0.1, 0.15) is 12.4 Å². The largest absolute Gasteiger partial charge is 0.492 e. The van der Waals surface area contributed by atoms with Gasteiger partial charge in [0.05, 0.1) is 0 Å². The van der Waals surface area contributed by atoms with Gasteiger partial charge in [0, 0.05) is 12.1 Å². The van der Waals surface area contributed by atoms with Crippen molar-refractivity contribution in [2.45, 2.75) is 0 Å². The predicted octanol–water partition coefficient (Wildman–Crippen LogP) is 0.721. The average molecular weight is 223 g/mol. The number of ether oxygens (including phenoxy) is 1. The first-order chi connectivity index (χ1) is 7.63. The lowest BCUT2D eigenvalue weighted by Crippen LogP contribution is -2.19. The Morgan fingerprint density at radius 1 is 1.38 bits per heavy atom. The summed E-state index contributed by atoms with van der Waals surface area (Å²) in [4.78, 5) is 2.05. The molecule has 0 atom stereocenters. The van der Waals surface area contributed by atoms with Crippen molar-refractivity contribution in [3.05, 3.63) is 29.8 Å². The van der Waals surface area contributed by atoms with Crippen molar-refractivity contribution in [2.75, 3.05) is 27.2 Å². The number of amidine groups is 1. The second-order valence-electron chi connectivity index (χ2n) is 3.66. The molecule has 0 heterocycles. The Kier molecular flexibility index (Phi) is 4.60. The SMILES string of the molecule is CN(C)CCOc1ccc(/C(N)=N/O)cc1. The van der Waals surface area contributed by atoms with E-state index in [0.29, 0.717) is 12.2 Å². The monoisotopic (exact) mass is 223 g/mol. The topological polar surface area (TPSA) is 71.1 Å². The van der Waals surface area contributed by atoms with Crippen molar-refractivity contribution in [2.24, 2.45) is 10.9 Å². The van der Waals surface area contributed by atoms with E-state index >= 15 is 0 Å². The van der Waals surface area contributed by atoms with Crippen LogP contribution in [-0.4, -0.2) is 43.2 Å². The Morgan fingerprint density at radius 3 is 2.50 bits per heavy atom.